The van der Waals surface area contributed by atoms with Crippen LogP contribution in [0.4, 0.5) is 0 Å². The molecule has 1 N–H and O–H groups in total. The fourth-order valence-corrected chi connectivity index (χ4v) is 3.62. The lowest BCUT2D eigenvalue weighted by molar-refractivity contribution is -0.136. The van der Waals surface area contributed by atoms with E-state index in [0.717, 1.165) is 16.9 Å². The average Bonchev–Trinajstić information content (AvgIpc) is 3.26. The molecule has 0 radical (unpaired) electrons. The Morgan fingerprint density at radius 2 is 2.07 bits per heavy atom. The molecule has 0 saturated carbocycles. The average molecular weight is 396 g/mol. The molecule has 1 unspecified atom stereocenters. The number of rotatable bonds is 5. The second kappa shape index (κ2) is 7.40. The number of hydrogen-bond acceptors (Lipinski definition) is 6. The summed E-state index contributed by atoms with van der Waals surface area (Å²) in [6.07, 6.45) is 2.46. The highest BCUT2D eigenvalue weighted by Crippen LogP contribution is 2.29. The fraction of sp³-hybridized carbons (Fsp3) is 0.450. The smallest absolute Gasteiger partial charge is 0.255 e. The predicted molar refractivity (Wildman–Crippen MR) is 104 cm³/mol. The molecule has 2 aromatic rings. The molecule has 0 aliphatic carbocycles. The van der Waals surface area contributed by atoms with E-state index in [4.69, 9.17) is 0 Å². The van der Waals surface area contributed by atoms with Gasteiger partial charge in [0.15, 0.2) is 0 Å². The van der Waals surface area contributed by atoms with Crippen molar-refractivity contribution in [2.75, 3.05) is 7.05 Å². The van der Waals surface area contributed by atoms with Gasteiger partial charge in [0.2, 0.25) is 11.8 Å². The van der Waals surface area contributed by atoms with E-state index in [2.05, 4.69) is 34.4 Å². The number of piperidine rings is 1. The Hall–Kier alpha value is -3.07. The van der Waals surface area contributed by atoms with Gasteiger partial charge in [0, 0.05) is 31.1 Å². The van der Waals surface area contributed by atoms with Crippen LogP contribution in [-0.2, 0) is 22.7 Å². The third-order valence-electron chi connectivity index (χ3n) is 5.61. The van der Waals surface area contributed by atoms with Crippen molar-refractivity contribution in [3.05, 3.63) is 41.2 Å². The van der Waals surface area contributed by atoms with Gasteiger partial charge >= 0.3 is 0 Å². The summed E-state index contributed by atoms with van der Waals surface area (Å²) in [7, 11) is 2.03. The second-order valence-electron chi connectivity index (χ2n) is 7.90. The zero-order valence-electron chi connectivity index (χ0n) is 16.8. The van der Waals surface area contributed by atoms with E-state index in [0.29, 0.717) is 31.1 Å². The maximum atomic E-state index is 12.9. The summed E-state index contributed by atoms with van der Waals surface area (Å²) in [4.78, 5) is 40.2. The van der Waals surface area contributed by atoms with E-state index in [1.54, 1.807) is 15.6 Å². The van der Waals surface area contributed by atoms with Gasteiger partial charge in [-0.2, -0.15) is 0 Å². The number of hydrogen-bond donors (Lipinski definition) is 1. The number of nitrogens with one attached hydrogen (secondary N) is 1. The topological polar surface area (TPSA) is 100 Å². The summed E-state index contributed by atoms with van der Waals surface area (Å²) in [6, 6.07) is 5.35. The number of aromatic nitrogens is 3. The summed E-state index contributed by atoms with van der Waals surface area (Å²) in [5, 5.41) is 10.7. The van der Waals surface area contributed by atoms with Crippen LogP contribution in [0.25, 0.3) is 5.69 Å². The molecular weight excluding hydrogens is 372 g/mol. The van der Waals surface area contributed by atoms with Crippen molar-refractivity contribution >= 4 is 17.7 Å². The van der Waals surface area contributed by atoms with Gasteiger partial charge in [0.05, 0.1) is 17.6 Å². The van der Waals surface area contributed by atoms with E-state index >= 15 is 0 Å². The molecule has 2 aliphatic rings. The first-order valence-electron chi connectivity index (χ1n) is 9.73. The number of imide groups is 1. The summed E-state index contributed by atoms with van der Waals surface area (Å²) in [5.74, 6) is -0.892. The third kappa shape index (κ3) is 3.65. The Balaban J connectivity index is 1.53. The number of carbonyl (C=O) groups is 3. The Morgan fingerprint density at radius 1 is 1.28 bits per heavy atom. The highest BCUT2D eigenvalue weighted by Gasteiger charge is 2.39. The zero-order valence-corrected chi connectivity index (χ0v) is 16.8. The minimum atomic E-state index is -0.611. The van der Waals surface area contributed by atoms with E-state index in [1.165, 1.54) is 0 Å². The third-order valence-corrected chi connectivity index (χ3v) is 5.61. The lowest BCUT2D eigenvalue weighted by Gasteiger charge is -2.29. The van der Waals surface area contributed by atoms with Crippen molar-refractivity contribution in [1.82, 2.24) is 30.1 Å². The van der Waals surface area contributed by atoms with Crippen LogP contribution >= 0.6 is 0 Å². The highest BCUT2D eigenvalue weighted by molar-refractivity contribution is 6.05. The van der Waals surface area contributed by atoms with E-state index < -0.39 is 11.9 Å². The van der Waals surface area contributed by atoms with Crippen LogP contribution in [0.2, 0.25) is 0 Å². The number of nitrogens with zero attached hydrogens (tertiary/aromatic N) is 5. The predicted octanol–water partition coefficient (Wildman–Crippen LogP) is 0.868. The van der Waals surface area contributed by atoms with E-state index in [9.17, 15) is 14.4 Å². The molecule has 0 bridgehead atoms. The molecule has 9 heteroatoms. The van der Waals surface area contributed by atoms with Crippen molar-refractivity contribution < 1.29 is 14.4 Å². The van der Waals surface area contributed by atoms with Gasteiger partial charge in [-0.05, 0) is 45.0 Å². The monoisotopic (exact) mass is 396 g/mol. The highest BCUT2D eigenvalue weighted by atomic mass is 16.2. The first-order valence-corrected chi connectivity index (χ1v) is 9.73. The minimum Gasteiger partial charge on any atom is -0.322 e. The molecule has 1 saturated heterocycles. The normalized spacial score (nSPS) is 19.3. The van der Waals surface area contributed by atoms with Gasteiger partial charge in [-0.25, -0.2) is 4.68 Å². The summed E-state index contributed by atoms with van der Waals surface area (Å²) >= 11 is 0. The Morgan fingerprint density at radius 3 is 2.79 bits per heavy atom. The number of benzene rings is 1. The molecule has 1 aromatic heterocycles. The standard InChI is InChI=1S/C20H24N6O3/c1-12(2)24(3)10-14-11-26(23-22-14)15-5-4-13-9-25(20(29)16(13)8-15)17-6-7-18(27)21-19(17)28/h4-5,8,11-12,17H,6-7,9-10H2,1-3H3,(H,21,27,28). The molecule has 4 rings (SSSR count). The Labute approximate surface area is 168 Å². The molecule has 1 fully saturated rings. The molecule has 9 nitrogen and oxygen atoms in total. The molecule has 152 valence electrons. The first kappa shape index (κ1) is 19.3. The molecular formula is C20H24N6O3. The second-order valence-corrected chi connectivity index (χ2v) is 7.90. The Kier molecular flexibility index (Phi) is 4.91. The van der Waals surface area contributed by atoms with Gasteiger partial charge < -0.3 is 4.90 Å². The quantitative estimate of drug-likeness (QED) is 0.753. The maximum absolute atomic E-state index is 12.9. The van der Waals surface area contributed by atoms with Crippen molar-refractivity contribution in [2.45, 2.75) is 51.9 Å². The van der Waals surface area contributed by atoms with Crippen molar-refractivity contribution in [3.63, 3.8) is 0 Å². The first-order chi connectivity index (χ1) is 13.8. The Bertz CT molecular complexity index is 982. The summed E-state index contributed by atoms with van der Waals surface area (Å²) in [6.45, 7) is 5.28. The van der Waals surface area contributed by atoms with Crippen LogP contribution in [0, 0.1) is 0 Å². The number of amides is 3. The van der Waals surface area contributed by atoms with Gasteiger partial charge in [-0.3, -0.25) is 24.6 Å². The molecule has 3 heterocycles. The summed E-state index contributed by atoms with van der Waals surface area (Å²) in [5.41, 5.74) is 3.01. The molecule has 0 spiro atoms. The fourth-order valence-electron chi connectivity index (χ4n) is 3.62. The van der Waals surface area contributed by atoms with Crippen LogP contribution in [0.5, 0.6) is 0 Å². The molecule has 1 aromatic carbocycles. The van der Waals surface area contributed by atoms with Crippen molar-refractivity contribution in [3.8, 4) is 5.69 Å². The van der Waals surface area contributed by atoms with Crippen molar-refractivity contribution in [2.24, 2.45) is 0 Å². The van der Waals surface area contributed by atoms with Crippen LogP contribution in [0.1, 0.15) is 48.3 Å². The van der Waals surface area contributed by atoms with Crippen LogP contribution in [0.3, 0.4) is 0 Å². The number of carbonyl (C=O) groups excluding carboxylic acids is 3. The molecule has 2 aliphatic heterocycles. The zero-order chi connectivity index (χ0) is 20.7. The SMILES string of the molecule is CC(C)N(C)Cc1cn(-c2ccc3c(c2)C(=O)N(C2CCC(=O)NC2=O)C3)nn1. The van der Waals surface area contributed by atoms with Crippen LogP contribution in [0.15, 0.2) is 24.4 Å². The lowest BCUT2D eigenvalue weighted by Crippen LogP contribution is -2.52. The largest absolute Gasteiger partial charge is 0.322 e. The van der Waals surface area contributed by atoms with Crippen molar-refractivity contribution in [1.29, 1.82) is 0 Å². The maximum Gasteiger partial charge on any atom is 0.255 e. The van der Waals surface area contributed by atoms with E-state index in [1.807, 2.05) is 25.4 Å². The van der Waals surface area contributed by atoms with Crippen LogP contribution in [-0.4, -0.2) is 61.6 Å². The lowest BCUT2D eigenvalue weighted by atomic mass is 10.0. The van der Waals surface area contributed by atoms with Gasteiger partial charge in [0.1, 0.15) is 6.04 Å². The van der Waals surface area contributed by atoms with E-state index in [-0.39, 0.29) is 18.2 Å². The summed E-state index contributed by atoms with van der Waals surface area (Å²) < 4.78 is 1.66. The van der Waals surface area contributed by atoms with Gasteiger partial charge in [0.25, 0.3) is 5.91 Å². The number of fused-ring (bicyclic) bond motifs is 1. The minimum absolute atomic E-state index is 0.198. The van der Waals surface area contributed by atoms with Crippen LogP contribution < -0.4 is 5.32 Å². The van der Waals surface area contributed by atoms with Gasteiger partial charge in [-0.15, -0.1) is 5.10 Å². The van der Waals surface area contributed by atoms with Gasteiger partial charge in [-0.1, -0.05) is 11.3 Å². The molecule has 1 atom stereocenters. The molecule has 29 heavy (non-hydrogen) atoms. The molecule has 3 amide bonds.